The van der Waals surface area contributed by atoms with Crippen molar-refractivity contribution in [1.29, 1.82) is 0 Å². The van der Waals surface area contributed by atoms with E-state index in [-0.39, 0.29) is 23.3 Å². The fourth-order valence-corrected chi connectivity index (χ4v) is 4.58. The normalized spacial score (nSPS) is 22.1. The molecule has 2 aromatic rings. The standard InChI is InChI=1S/C22H27N3O3/c1-23(2)13-17-8-9-19-18-10-15(12-25(19)21(17)27)11-24(14-18)22(28)20(26)16-6-4-3-5-7-16/h3-9,15,18,20,26H,10-14H2,1-2H3/t15-,18+,20+/m0/s1. The molecule has 4 rings (SSSR count). The second-order valence-electron chi connectivity index (χ2n) is 8.29. The molecule has 1 aromatic heterocycles. The molecule has 1 N–H and O–H groups in total. The van der Waals surface area contributed by atoms with Crippen molar-refractivity contribution in [3.63, 3.8) is 0 Å². The molecule has 1 saturated heterocycles. The van der Waals surface area contributed by atoms with Gasteiger partial charge < -0.3 is 19.5 Å². The molecule has 0 aliphatic carbocycles. The fourth-order valence-electron chi connectivity index (χ4n) is 4.58. The number of nitrogens with zero attached hydrogens (tertiary/aromatic N) is 3. The van der Waals surface area contributed by atoms with Crippen LogP contribution < -0.4 is 5.56 Å². The first-order chi connectivity index (χ1) is 13.4. The van der Waals surface area contributed by atoms with Crippen LogP contribution in [0.15, 0.2) is 47.3 Å². The number of likely N-dealkylation sites (tertiary alicyclic amines) is 1. The maximum atomic E-state index is 12.9. The summed E-state index contributed by atoms with van der Waals surface area (Å²) in [6.07, 6.45) is -0.151. The molecule has 2 bridgehead atoms. The van der Waals surface area contributed by atoms with Crippen LogP contribution >= 0.6 is 0 Å². The summed E-state index contributed by atoms with van der Waals surface area (Å²) in [7, 11) is 3.92. The number of aliphatic hydroxyl groups is 1. The predicted octanol–water partition coefficient (Wildman–Crippen LogP) is 1.59. The quantitative estimate of drug-likeness (QED) is 0.874. The van der Waals surface area contributed by atoms with Gasteiger partial charge in [0.15, 0.2) is 6.10 Å². The smallest absolute Gasteiger partial charge is 0.256 e. The third-order valence-corrected chi connectivity index (χ3v) is 5.83. The second kappa shape index (κ2) is 7.53. The highest BCUT2D eigenvalue weighted by molar-refractivity contribution is 5.82. The molecule has 6 heteroatoms. The number of aliphatic hydroxyl groups excluding tert-OH is 1. The zero-order valence-corrected chi connectivity index (χ0v) is 16.4. The second-order valence-corrected chi connectivity index (χ2v) is 8.29. The maximum Gasteiger partial charge on any atom is 0.256 e. The van der Waals surface area contributed by atoms with E-state index in [1.807, 2.05) is 53.9 Å². The molecular weight excluding hydrogens is 354 g/mol. The minimum Gasteiger partial charge on any atom is -0.378 e. The highest BCUT2D eigenvalue weighted by Crippen LogP contribution is 2.36. The molecule has 3 heterocycles. The molecule has 2 aliphatic rings. The summed E-state index contributed by atoms with van der Waals surface area (Å²) >= 11 is 0. The number of hydrogen-bond donors (Lipinski definition) is 1. The lowest BCUT2D eigenvalue weighted by molar-refractivity contribution is -0.143. The van der Waals surface area contributed by atoms with Crippen LogP contribution in [0.3, 0.4) is 0 Å². The van der Waals surface area contributed by atoms with Crippen molar-refractivity contribution in [2.75, 3.05) is 27.2 Å². The summed E-state index contributed by atoms with van der Waals surface area (Å²) in [6.45, 7) is 2.40. The number of rotatable bonds is 4. The van der Waals surface area contributed by atoms with E-state index < -0.39 is 6.10 Å². The van der Waals surface area contributed by atoms with E-state index in [4.69, 9.17) is 0 Å². The van der Waals surface area contributed by atoms with E-state index >= 15 is 0 Å². The number of benzene rings is 1. The van der Waals surface area contributed by atoms with Gasteiger partial charge in [-0.1, -0.05) is 36.4 Å². The van der Waals surface area contributed by atoms with Gasteiger partial charge in [0.1, 0.15) is 0 Å². The first-order valence-electron chi connectivity index (χ1n) is 9.83. The van der Waals surface area contributed by atoms with Gasteiger partial charge in [0.25, 0.3) is 11.5 Å². The topological polar surface area (TPSA) is 65.8 Å². The van der Waals surface area contributed by atoms with E-state index in [1.54, 1.807) is 17.0 Å². The summed E-state index contributed by atoms with van der Waals surface area (Å²) in [6, 6.07) is 13.0. The summed E-state index contributed by atoms with van der Waals surface area (Å²) in [5.41, 5.74) is 2.52. The van der Waals surface area contributed by atoms with E-state index in [9.17, 15) is 14.7 Å². The Morgan fingerprint density at radius 1 is 1.14 bits per heavy atom. The summed E-state index contributed by atoms with van der Waals surface area (Å²) in [5, 5.41) is 10.5. The lowest BCUT2D eigenvalue weighted by Gasteiger charge is -2.43. The van der Waals surface area contributed by atoms with Crippen molar-refractivity contribution in [2.45, 2.75) is 31.5 Å². The molecule has 2 aliphatic heterocycles. The van der Waals surface area contributed by atoms with Crippen LogP contribution in [0, 0.1) is 5.92 Å². The number of carbonyl (C=O) groups excluding carboxylic acids is 1. The molecule has 6 nitrogen and oxygen atoms in total. The SMILES string of the molecule is CN(C)Cc1ccc2n(c1=O)C[C@H]1C[C@@H]2CN(C(=O)[C@H](O)c2ccccc2)C1. The first-order valence-corrected chi connectivity index (χ1v) is 9.83. The Hall–Kier alpha value is -2.44. The van der Waals surface area contributed by atoms with Gasteiger partial charge in [-0.15, -0.1) is 0 Å². The zero-order chi connectivity index (χ0) is 19.8. The van der Waals surface area contributed by atoms with Crippen LogP contribution in [0.25, 0.3) is 0 Å². The van der Waals surface area contributed by atoms with Gasteiger partial charge >= 0.3 is 0 Å². The molecule has 1 fully saturated rings. The van der Waals surface area contributed by atoms with Crippen molar-refractivity contribution in [3.8, 4) is 0 Å². The van der Waals surface area contributed by atoms with Gasteiger partial charge in [-0.05, 0) is 38.1 Å². The molecule has 28 heavy (non-hydrogen) atoms. The van der Waals surface area contributed by atoms with Gasteiger partial charge in [0.05, 0.1) is 0 Å². The largest absolute Gasteiger partial charge is 0.378 e. The number of piperidine rings is 1. The average Bonchev–Trinajstić information content (AvgIpc) is 2.69. The van der Waals surface area contributed by atoms with Crippen LogP contribution in [-0.4, -0.2) is 52.6 Å². The Morgan fingerprint density at radius 2 is 1.89 bits per heavy atom. The third-order valence-electron chi connectivity index (χ3n) is 5.83. The number of carbonyl (C=O) groups is 1. The Bertz CT molecular complexity index is 922. The van der Waals surface area contributed by atoms with Gasteiger partial charge in [0.2, 0.25) is 0 Å². The van der Waals surface area contributed by atoms with Gasteiger partial charge in [-0.2, -0.15) is 0 Å². The molecule has 148 valence electrons. The number of aromatic nitrogens is 1. The minimum absolute atomic E-state index is 0.0880. The number of pyridine rings is 1. The highest BCUT2D eigenvalue weighted by Gasteiger charge is 2.38. The molecule has 1 aromatic carbocycles. The van der Waals surface area contributed by atoms with E-state index in [0.29, 0.717) is 31.7 Å². The van der Waals surface area contributed by atoms with Crippen molar-refractivity contribution >= 4 is 5.91 Å². The average molecular weight is 381 g/mol. The van der Waals surface area contributed by atoms with Crippen LogP contribution in [0.1, 0.15) is 35.3 Å². The van der Waals surface area contributed by atoms with E-state index in [1.165, 1.54) is 0 Å². The van der Waals surface area contributed by atoms with Gasteiger partial charge in [-0.3, -0.25) is 9.59 Å². The van der Waals surface area contributed by atoms with Crippen molar-refractivity contribution in [3.05, 3.63) is 69.6 Å². The maximum absolute atomic E-state index is 12.9. The van der Waals surface area contributed by atoms with Crippen LogP contribution in [0.5, 0.6) is 0 Å². The molecular formula is C22H27N3O3. The van der Waals surface area contributed by atoms with Crippen LogP contribution in [0.4, 0.5) is 0 Å². The monoisotopic (exact) mass is 381 g/mol. The van der Waals surface area contributed by atoms with Crippen LogP contribution in [-0.2, 0) is 17.9 Å². The third kappa shape index (κ3) is 3.50. The van der Waals surface area contributed by atoms with E-state index in [0.717, 1.165) is 17.7 Å². The molecule has 1 amide bonds. The number of amides is 1. The molecule has 0 unspecified atom stereocenters. The van der Waals surface area contributed by atoms with Gasteiger partial charge in [-0.25, -0.2) is 0 Å². The summed E-state index contributed by atoms with van der Waals surface area (Å²) < 4.78 is 1.91. The highest BCUT2D eigenvalue weighted by atomic mass is 16.3. The Kier molecular flexibility index (Phi) is 5.08. The predicted molar refractivity (Wildman–Crippen MR) is 107 cm³/mol. The van der Waals surface area contributed by atoms with E-state index in [2.05, 4.69) is 0 Å². The van der Waals surface area contributed by atoms with Crippen molar-refractivity contribution in [2.24, 2.45) is 5.92 Å². The Labute approximate surface area is 165 Å². The van der Waals surface area contributed by atoms with Crippen molar-refractivity contribution in [1.82, 2.24) is 14.4 Å². The lowest BCUT2D eigenvalue weighted by atomic mass is 9.82. The zero-order valence-electron chi connectivity index (χ0n) is 16.4. The van der Waals surface area contributed by atoms with Crippen LogP contribution in [0.2, 0.25) is 0 Å². The Balaban J connectivity index is 1.57. The Morgan fingerprint density at radius 3 is 2.61 bits per heavy atom. The summed E-state index contributed by atoms with van der Waals surface area (Å²) in [4.78, 5) is 29.6. The summed E-state index contributed by atoms with van der Waals surface area (Å²) in [5.74, 6) is 0.131. The van der Waals surface area contributed by atoms with Crippen molar-refractivity contribution < 1.29 is 9.90 Å². The molecule has 0 saturated carbocycles. The fraction of sp³-hybridized carbons (Fsp3) is 0.455. The first kappa shape index (κ1) is 18.9. The lowest BCUT2D eigenvalue weighted by Crippen LogP contribution is -2.50. The molecule has 3 atom stereocenters. The minimum atomic E-state index is -1.13. The molecule has 0 spiro atoms. The number of fused-ring (bicyclic) bond motifs is 4. The molecule has 0 radical (unpaired) electrons. The number of hydrogen-bond acceptors (Lipinski definition) is 4. The van der Waals surface area contributed by atoms with Gasteiger partial charge in [0, 0.05) is 43.4 Å².